The van der Waals surface area contributed by atoms with Gasteiger partial charge in [0.15, 0.2) is 11.6 Å². The summed E-state index contributed by atoms with van der Waals surface area (Å²) < 4.78 is 53.3. The van der Waals surface area contributed by atoms with Crippen LogP contribution in [0, 0.1) is 23.3 Å². The van der Waals surface area contributed by atoms with Crippen molar-refractivity contribution in [2.75, 3.05) is 0 Å². The van der Waals surface area contributed by atoms with Gasteiger partial charge in [0.2, 0.25) is 0 Å². The highest BCUT2D eigenvalue weighted by Gasteiger charge is 2.20. The molecule has 0 unspecified atom stereocenters. The molecule has 19 heavy (non-hydrogen) atoms. The lowest BCUT2D eigenvalue weighted by Gasteiger charge is -2.07. The lowest BCUT2D eigenvalue weighted by molar-refractivity contribution is 0.0690. The molecule has 0 aliphatic rings. The van der Waals surface area contributed by atoms with Gasteiger partial charge in [0.05, 0.1) is 5.56 Å². The van der Waals surface area contributed by atoms with E-state index in [1.165, 1.54) is 0 Å². The van der Waals surface area contributed by atoms with E-state index in [1.807, 2.05) is 0 Å². The Balaban J connectivity index is 2.64. The molecule has 1 N–H and O–H groups in total. The average molecular weight is 270 g/mol. The first-order chi connectivity index (χ1) is 8.91. The second kappa shape index (κ2) is 4.72. The Morgan fingerprint density at radius 2 is 1.53 bits per heavy atom. The maximum Gasteiger partial charge on any atom is 0.338 e. The van der Waals surface area contributed by atoms with Crippen LogP contribution in [0.1, 0.15) is 10.4 Å². The fourth-order valence-electron chi connectivity index (χ4n) is 1.63. The summed E-state index contributed by atoms with van der Waals surface area (Å²) in [6.07, 6.45) is 0. The topological polar surface area (TPSA) is 37.3 Å². The molecule has 0 spiro atoms. The van der Waals surface area contributed by atoms with Crippen LogP contribution in [0.4, 0.5) is 17.6 Å². The monoisotopic (exact) mass is 270 g/mol. The van der Waals surface area contributed by atoms with Crippen LogP contribution in [0.25, 0.3) is 11.1 Å². The molecule has 0 fully saturated rings. The Labute approximate surface area is 104 Å². The summed E-state index contributed by atoms with van der Waals surface area (Å²) in [4.78, 5) is 10.6. The van der Waals surface area contributed by atoms with Gasteiger partial charge in [-0.3, -0.25) is 0 Å². The highest BCUT2D eigenvalue weighted by Crippen LogP contribution is 2.28. The molecule has 2 rings (SSSR count). The molecule has 0 aromatic heterocycles. The van der Waals surface area contributed by atoms with Crippen molar-refractivity contribution in [2.45, 2.75) is 0 Å². The van der Waals surface area contributed by atoms with E-state index in [2.05, 4.69) is 0 Å². The minimum absolute atomic E-state index is 0.352. The van der Waals surface area contributed by atoms with Crippen molar-refractivity contribution in [3.63, 3.8) is 0 Å². The summed E-state index contributed by atoms with van der Waals surface area (Å²) in [5, 5.41) is 8.61. The molecule has 2 aromatic carbocycles. The van der Waals surface area contributed by atoms with Crippen LogP contribution in [-0.4, -0.2) is 11.1 Å². The van der Waals surface area contributed by atoms with E-state index in [0.29, 0.717) is 6.07 Å². The maximum absolute atomic E-state index is 13.7. The summed E-state index contributed by atoms with van der Waals surface area (Å²) in [5.41, 5.74) is -1.68. The number of hydrogen-bond acceptors (Lipinski definition) is 1. The highest BCUT2D eigenvalue weighted by molar-refractivity contribution is 5.88. The fourth-order valence-corrected chi connectivity index (χ4v) is 1.63. The van der Waals surface area contributed by atoms with Crippen LogP contribution < -0.4 is 0 Å². The molecule has 0 aliphatic heterocycles. The number of carbonyl (C=O) groups is 1. The Morgan fingerprint density at radius 3 is 2.11 bits per heavy atom. The first kappa shape index (κ1) is 13.1. The van der Waals surface area contributed by atoms with E-state index in [-0.39, 0.29) is 5.56 Å². The molecule has 0 amide bonds. The molecule has 0 atom stereocenters. The van der Waals surface area contributed by atoms with Gasteiger partial charge in [-0.05, 0) is 18.2 Å². The number of carboxylic acids is 1. The molecule has 2 aromatic rings. The first-order valence-corrected chi connectivity index (χ1v) is 5.08. The van der Waals surface area contributed by atoms with Gasteiger partial charge < -0.3 is 5.11 Å². The van der Waals surface area contributed by atoms with Gasteiger partial charge in [-0.1, -0.05) is 6.07 Å². The lowest BCUT2D eigenvalue weighted by Crippen LogP contribution is -2.04. The number of halogens is 4. The quantitative estimate of drug-likeness (QED) is 0.846. The van der Waals surface area contributed by atoms with Crippen molar-refractivity contribution in [3.8, 4) is 11.1 Å². The molecular formula is C13H6F4O2. The van der Waals surface area contributed by atoms with Gasteiger partial charge in [-0.15, -0.1) is 0 Å². The van der Waals surface area contributed by atoms with Crippen LogP contribution in [0.2, 0.25) is 0 Å². The van der Waals surface area contributed by atoms with Crippen molar-refractivity contribution in [3.05, 3.63) is 59.2 Å². The highest BCUT2D eigenvalue weighted by atomic mass is 19.2. The van der Waals surface area contributed by atoms with Gasteiger partial charge in [0.1, 0.15) is 11.6 Å². The number of hydrogen-bond donors (Lipinski definition) is 1. The molecule has 0 heterocycles. The van der Waals surface area contributed by atoms with Crippen molar-refractivity contribution in [2.24, 2.45) is 0 Å². The smallest absolute Gasteiger partial charge is 0.338 e. The second-order valence-corrected chi connectivity index (χ2v) is 3.72. The predicted molar refractivity (Wildman–Crippen MR) is 58.7 cm³/mol. The zero-order chi connectivity index (χ0) is 14.2. The minimum atomic E-state index is -1.64. The molecule has 0 bridgehead atoms. The van der Waals surface area contributed by atoms with Crippen molar-refractivity contribution in [1.82, 2.24) is 0 Å². The summed E-state index contributed by atoms with van der Waals surface area (Å²) >= 11 is 0. The van der Waals surface area contributed by atoms with Crippen LogP contribution in [0.15, 0.2) is 30.3 Å². The van der Waals surface area contributed by atoms with Crippen molar-refractivity contribution in [1.29, 1.82) is 0 Å². The summed E-state index contributed by atoms with van der Waals surface area (Å²) in [6.45, 7) is 0. The van der Waals surface area contributed by atoms with Crippen molar-refractivity contribution < 1.29 is 27.5 Å². The normalized spacial score (nSPS) is 10.5. The average Bonchev–Trinajstić information content (AvgIpc) is 2.33. The maximum atomic E-state index is 13.7. The summed E-state index contributed by atoms with van der Waals surface area (Å²) in [5.74, 6) is -6.65. The van der Waals surface area contributed by atoms with E-state index < -0.39 is 40.4 Å². The SMILES string of the molecule is O=C(O)c1ccc(-c2ccc(F)cc2F)c(F)c1F. The van der Waals surface area contributed by atoms with E-state index in [4.69, 9.17) is 5.11 Å². The zero-order valence-electron chi connectivity index (χ0n) is 9.25. The Kier molecular flexibility index (Phi) is 3.25. The molecule has 2 nitrogen and oxygen atoms in total. The molecule has 0 radical (unpaired) electrons. The largest absolute Gasteiger partial charge is 0.478 e. The third kappa shape index (κ3) is 2.29. The number of carboxylic acid groups (broad SMARTS) is 1. The van der Waals surface area contributed by atoms with Crippen LogP contribution in [0.3, 0.4) is 0 Å². The van der Waals surface area contributed by atoms with Gasteiger partial charge in [0, 0.05) is 17.2 Å². The predicted octanol–water partition coefficient (Wildman–Crippen LogP) is 3.61. The van der Waals surface area contributed by atoms with Crippen LogP contribution in [0.5, 0.6) is 0 Å². The molecule has 0 saturated carbocycles. The Bertz CT molecular complexity index is 668. The molecule has 0 saturated heterocycles. The van der Waals surface area contributed by atoms with E-state index >= 15 is 0 Å². The Morgan fingerprint density at radius 1 is 0.895 bits per heavy atom. The number of benzene rings is 2. The van der Waals surface area contributed by atoms with Gasteiger partial charge in [-0.25, -0.2) is 22.4 Å². The molecular weight excluding hydrogens is 264 g/mol. The van der Waals surface area contributed by atoms with Gasteiger partial charge in [0.25, 0.3) is 0 Å². The fraction of sp³-hybridized carbons (Fsp3) is 0. The lowest BCUT2D eigenvalue weighted by atomic mass is 10.0. The molecule has 0 aliphatic carbocycles. The standard InChI is InChI=1S/C13H6F4O2/c14-6-1-2-7(10(15)5-6)8-3-4-9(13(18)19)12(17)11(8)16/h1-5H,(H,18,19). The van der Waals surface area contributed by atoms with Gasteiger partial charge in [-0.2, -0.15) is 0 Å². The van der Waals surface area contributed by atoms with E-state index in [9.17, 15) is 22.4 Å². The van der Waals surface area contributed by atoms with E-state index in [1.54, 1.807) is 0 Å². The summed E-state index contributed by atoms with van der Waals surface area (Å²) in [7, 11) is 0. The number of aromatic carboxylic acids is 1. The second-order valence-electron chi connectivity index (χ2n) is 3.72. The Hall–Kier alpha value is -2.37. The van der Waals surface area contributed by atoms with Gasteiger partial charge >= 0.3 is 5.97 Å². The molecule has 98 valence electrons. The zero-order valence-corrected chi connectivity index (χ0v) is 9.25. The van der Waals surface area contributed by atoms with Crippen LogP contribution in [-0.2, 0) is 0 Å². The number of rotatable bonds is 2. The minimum Gasteiger partial charge on any atom is -0.478 e. The van der Waals surface area contributed by atoms with E-state index in [0.717, 1.165) is 24.3 Å². The third-order valence-electron chi connectivity index (χ3n) is 2.53. The third-order valence-corrected chi connectivity index (χ3v) is 2.53. The van der Waals surface area contributed by atoms with Crippen LogP contribution >= 0.6 is 0 Å². The molecule has 6 heteroatoms. The summed E-state index contributed by atoms with van der Waals surface area (Å²) in [6, 6.07) is 4.11. The first-order valence-electron chi connectivity index (χ1n) is 5.08. The van der Waals surface area contributed by atoms with Crippen molar-refractivity contribution >= 4 is 5.97 Å².